The van der Waals surface area contributed by atoms with Crippen molar-refractivity contribution in [2.75, 3.05) is 13.1 Å². The van der Waals surface area contributed by atoms with Crippen LogP contribution in [0.3, 0.4) is 0 Å². The number of nitrogens with zero attached hydrogens (tertiary/aromatic N) is 2. The average molecular weight is 212 g/mol. The van der Waals surface area contributed by atoms with E-state index >= 15 is 0 Å². The molecule has 0 atom stereocenters. The summed E-state index contributed by atoms with van der Waals surface area (Å²) in [4.78, 5) is 17.0. The number of aliphatic imine (C=N–C) groups is 1. The Kier molecular flexibility index (Phi) is 2.77. The van der Waals surface area contributed by atoms with Crippen molar-refractivity contribution in [3.05, 3.63) is 11.1 Å². The summed E-state index contributed by atoms with van der Waals surface area (Å²) >= 11 is 1.54. The van der Waals surface area contributed by atoms with Gasteiger partial charge in [-0.1, -0.05) is 11.8 Å². The number of fused-ring (bicyclic) bond motifs is 1. The van der Waals surface area contributed by atoms with Crippen LogP contribution in [-0.2, 0) is 4.79 Å². The fourth-order valence-corrected chi connectivity index (χ4v) is 2.53. The minimum atomic E-state index is -0.776. The smallest absolute Gasteiger partial charge is 0.309 e. The summed E-state index contributed by atoms with van der Waals surface area (Å²) in [5.41, 5.74) is 0.878. The van der Waals surface area contributed by atoms with Gasteiger partial charge in [-0.05, 0) is 18.2 Å². The SMILES string of the molecule is O=C(O)CC1=CSC2=NCCCCN12. The van der Waals surface area contributed by atoms with Crippen molar-refractivity contribution >= 4 is 22.9 Å². The van der Waals surface area contributed by atoms with Crippen molar-refractivity contribution < 1.29 is 9.90 Å². The highest BCUT2D eigenvalue weighted by molar-refractivity contribution is 8.16. The minimum Gasteiger partial charge on any atom is -0.481 e. The summed E-state index contributed by atoms with van der Waals surface area (Å²) in [6.45, 7) is 1.78. The van der Waals surface area contributed by atoms with Crippen molar-refractivity contribution in [1.29, 1.82) is 0 Å². The van der Waals surface area contributed by atoms with E-state index in [-0.39, 0.29) is 6.42 Å². The zero-order chi connectivity index (χ0) is 9.97. The predicted octanol–water partition coefficient (Wildman–Crippen LogP) is 1.50. The maximum absolute atomic E-state index is 10.6. The highest BCUT2D eigenvalue weighted by atomic mass is 32.2. The van der Waals surface area contributed by atoms with Crippen LogP contribution in [0.1, 0.15) is 19.3 Å². The van der Waals surface area contributed by atoms with Crippen LogP contribution >= 0.6 is 11.8 Å². The molecule has 0 saturated carbocycles. The molecule has 0 unspecified atom stereocenters. The second-order valence-electron chi connectivity index (χ2n) is 3.32. The average Bonchev–Trinajstić information content (AvgIpc) is 2.37. The summed E-state index contributed by atoms with van der Waals surface area (Å²) < 4.78 is 0. The number of hydrogen-bond acceptors (Lipinski definition) is 4. The van der Waals surface area contributed by atoms with E-state index in [9.17, 15) is 4.79 Å². The number of thioether (sulfide) groups is 1. The van der Waals surface area contributed by atoms with Gasteiger partial charge in [0.1, 0.15) is 0 Å². The normalized spacial score (nSPS) is 21.0. The first kappa shape index (κ1) is 9.58. The molecule has 0 spiro atoms. The lowest BCUT2D eigenvalue weighted by atomic mass is 10.2. The van der Waals surface area contributed by atoms with Crippen LogP contribution in [0.4, 0.5) is 0 Å². The predicted molar refractivity (Wildman–Crippen MR) is 56.2 cm³/mol. The monoisotopic (exact) mass is 212 g/mol. The first-order valence-corrected chi connectivity index (χ1v) is 5.55. The van der Waals surface area contributed by atoms with Crippen LogP contribution in [0.15, 0.2) is 16.1 Å². The van der Waals surface area contributed by atoms with Gasteiger partial charge in [-0.2, -0.15) is 0 Å². The van der Waals surface area contributed by atoms with Gasteiger partial charge in [0.05, 0.1) is 6.42 Å². The number of carboxylic acids is 1. The van der Waals surface area contributed by atoms with Crippen LogP contribution in [0.5, 0.6) is 0 Å². The van der Waals surface area contributed by atoms with Crippen molar-refractivity contribution in [3.63, 3.8) is 0 Å². The molecular formula is C9H12N2O2S. The Bertz CT molecular complexity index is 312. The maximum atomic E-state index is 10.6. The molecule has 2 rings (SSSR count). The lowest BCUT2D eigenvalue weighted by Gasteiger charge is -2.19. The van der Waals surface area contributed by atoms with Crippen LogP contribution < -0.4 is 0 Å². The Hall–Kier alpha value is -0.970. The zero-order valence-corrected chi connectivity index (χ0v) is 8.59. The van der Waals surface area contributed by atoms with E-state index in [1.807, 2.05) is 10.3 Å². The Balaban J connectivity index is 2.10. The maximum Gasteiger partial charge on any atom is 0.309 e. The molecule has 4 nitrogen and oxygen atoms in total. The molecule has 0 bridgehead atoms. The van der Waals surface area contributed by atoms with E-state index in [0.29, 0.717) is 0 Å². The van der Waals surface area contributed by atoms with Gasteiger partial charge in [-0.3, -0.25) is 9.79 Å². The summed E-state index contributed by atoms with van der Waals surface area (Å²) in [5.74, 6) is -0.776. The second kappa shape index (κ2) is 4.04. The molecule has 2 aliphatic heterocycles. The molecule has 0 amide bonds. The minimum absolute atomic E-state index is 0.103. The van der Waals surface area contributed by atoms with E-state index in [1.165, 1.54) is 0 Å². The summed E-state index contributed by atoms with van der Waals surface area (Å²) in [7, 11) is 0. The molecule has 0 saturated heterocycles. The van der Waals surface area contributed by atoms with Crippen LogP contribution in [-0.4, -0.2) is 34.2 Å². The van der Waals surface area contributed by atoms with Crippen molar-refractivity contribution in [3.8, 4) is 0 Å². The molecule has 0 aromatic heterocycles. The Morgan fingerprint density at radius 2 is 2.50 bits per heavy atom. The number of amidine groups is 1. The Morgan fingerprint density at radius 1 is 1.64 bits per heavy atom. The summed E-state index contributed by atoms with van der Waals surface area (Å²) in [5, 5.41) is 11.6. The lowest BCUT2D eigenvalue weighted by Crippen LogP contribution is -2.25. The highest BCUT2D eigenvalue weighted by Crippen LogP contribution is 2.29. The third-order valence-corrected chi connectivity index (χ3v) is 3.20. The number of aliphatic carboxylic acids is 1. The molecule has 0 aromatic rings. The summed E-state index contributed by atoms with van der Waals surface area (Å²) in [6.07, 6.45) is 2.29. The lowest BCUT2D eigenvalue weighted by molar-refractivity contribution is -0.136. The zero-order valence-electron chi connectivity index (χ0n) is 7.77. The molecule has 0 aliphatic carbocycles. The molecule has 0 aromatic carbocycles. The van der Waals surface area contributed by atoms with Crippen molar-refractivity contribution in [2.24, 2.45) is 4.99 Å². The topological polar surface area (TPSA) is 52.9 Å². The fourth-order valence-electron chi connectivity index (χ4n) is 1.58. The third kappa shape index (κ3) is 1.92. The van der Waals surface area contributed by atoms with Gasteiger partial charge in [0.2, 0.25) is 0 Å². The molecule has 1 N–H and O–H groups in total. The number of hydrogen-bond donors (Lipinski definition) is 1. The molecular weight excluding hydrogens is 200 g/mol. The van der Waals surface area contributed by atoms with Gasteiger partial charge in [0, 0.05) is 18.8 Å². The Labute approximate surface area is 86.7 Å². The van der Waals surface area contributed by atoms with Crippen LogP contribution in [0.25, 0.3) is 0 Å². The van der Waals surface area contributed by atoms with Crippen LogP contribution in [0.2, 0.25) is 0 Å². The summed E-state index contributed by atoms with van der Waals surface area (Å²) in [6, 6.07) is 0. The first-order valence-electron chi connectivity index (χ1n) is 4.67. The highest BCUT2D eigenvalue weighted by Gasteiger charge is 2.24. The van der Waals surface area contributed by atoms with E-state index in [2.05, 4.69) is 4.99 Å². The van der Waals surface area contributed by atoms with Gasteiger partial charge in [0.25, 0.3) is 0 Å². The molecule has 2 heterocycles. The van der Waals surface area contributed by atoms with E-state index in [0.717, 1.165) is 36.8 Å². The van der Waals surface area contributed by atoms with Gasteiger partial charge in [-0.25, -0.2) is 0 Å². The number of carbonyl (C=O) groups is 1. The molecule has 0 fully saturated rings. The number of rotatable bonds is 2. The standard InChI is InChI=1S/C9H12N2O2S/c12-8(13)5-7-6-14-9-10-3-1-2-4-11(7)9/h6H,1-5H2,(H,12,13). The second-order valence-corrected chi connectivity index (χ2v) is 4.16. The van der Waals surface area contributed by atoms with Crippen molar-refractivity contribution in [2.45, 2.75) is 19.3 Å². The van der Waals surface area contributed by atoms with Gasteiger partial charge >= 0.3 is 5.97 Å². The molecule has 5 heteroatoms. The molecule has 14 heavy (non-hydrogen) atoms. The largest absolute Gasteiger partial charge is 0.481 e. The van der Waals surface area contributed by atoms with Gasteiger partial charge < -0.3 is 10.0 Å². The molecule has 2 aliphatic rings. The number of carboxylic acid groups (broad SMARTS) is 1. The molecule has 0 radical (unpaired) electrons. The third-order valence-electron chi connectivity index (χ3n) is 2.25. The quantitative estimate of drug-likeness (QED) is 0.753. The van der Waals surface area contributed by atoms with Gasteiger partial charge in [0.15, 0.2) is 5.17 Å². The molecule has 76 valence electrons. The van der Waals surface area contributed by atoms with Gasteiger partial charge in [-0.15, -0.1) is 0 Å². The first-order chi connectivity index (χ1) is 6.77. The Morgan fingerprint density at radius 3 is 3.29 bits per heavy atom. The van der Waals surface area contributed by atoms with E-state index in [1.54, 1.807) is 11.8 Å². The van der Waals surface area contributed by atoms with Crippen LogP contribution in [0, 0.1) is 0 Å². The fraction of sp³-hybridized carbons (Fsp3) is 0.556. The van der Waals surface area contributed by atoms with E-state index in [4.69, 9.17) is 5.11 Å². The van der Waals surface area contributed by atoms with Crippen molar-refractivity contribution in [1.82, 2.24) is 4.90 Å². The van der Waals surface area contributed by atoms with E-state index < -0.39 is 5.97 Å².